The number of halogens is 2. The number of ether oxygens (including phenoxy) is 2. The van der Waals surface area contributed by atoms with Crippen molar-refractivity contribution in [1.82, 2.24) is 9.55 Å². The highest BCUT2D eigenvalue weighted by molar-refractivity contribution is 6.30. The number of methoxy groups -OCH3 is 2. The van der Waals surface area contributed by atoms with Crippen LogP contribution in [-0.4, -0.2) is 41.5 Å². The maximum absolute atomic E-state index is 14.5. The third-order valence-electron chi connectivity index (χ3n) is 5.37. The summed E-state index contributed by atoms with van der Waals surface area (Å²) in [5, 5.41) is 10.1. The summed E-state index contributed by atoms with van der Waals surface area (Å²) in [5.74, 6) is -1.22. The Balaban J connectivity index is 2.33. The van der Waals surface area contributed by atoms with E-state index in [1.54, 1.807) is 16.7 Å². The number of aliphatic hydroxyl groups excluding tert-OH is 1. The van der Waals surface area contributed by atoms with Gasteiger partial charge in [0.05, 0.1) is 37.3 Å². The molecule has 0 radical (unpaired) electrons. The zero-order chi connectivity index (χ0) is 23.6. The molecule has 9 heteroatoms. The van der Waals surface area contributed by atoms with Gasteiger partial charge in [-0.3, -0.25) is 4.79 Å². The Hall–Kier alpha value is -2.97. The minimum absolute atomic E-state index is 0.0201. The van der Waals surface area contributed by atoms with Crippen LogP contribution < -0.4 is 10.2 Å². The molecule has 32 heavy (non-hydrogen) atoms. The Labute approximate surface area is 189 Å². The second kappa shape index (κ2) is 9.67. The predicted molar refractivity (Wildman–Crippen MR) is 119 cm³/mol. The quantitative estimate of drug-likeness (QED) is 0.537. The molecule has 1 atom stereocenters. The number of carbonyl (C=O) groups excluding carboxylic acids is 1. The number of benzene rings is 1. The number of esters is 1. The van der Waals surface area contributed by atoms with E-state index in [2.05, 4.69) is 4.98 Å². The number of aromatic nitrogens is 2. The van der Waals surface area contributed by atoms with Crippen molar-refractivity contribution < 1.29 is 23.8 Å². The number of nitrogens with zero attached hydrogens (tertiary/aromatic N) is 2. The first-order chi connectivity index (χ1) is 15.2. The van der Waals surface area contributed by atoms with Crippen LogP contribution in [0.1, 0.15) is 41.4 Å². The lowest BCUT2D eigenvalue weighted by Crippen LogP contribution is -2.26. The van der Waals surface area contributed by atoms with Crippen LogP contribution in [-0.2, 0) is 11.2 Å². The second-order valence-corrected chi connectivity index (χ2v) is 8.09. The van der Waals surface area contributed by atoms with Crippen LogP contribution in [0, 0.1) is 11.7 Å². The molecule has 2 aromatic heterocycles. The predicted octanol–water partition coefficient (Wildman–Crippen LogP) is 3.76. The average Bonchev–Trinajstić information content (AvgIpc) is 2.77. The summed E-state index contributed by atoms with van der Waals surface area (Å²) in [7, 11) is 2.60. The van der Waals surface area contributed by atoms with E-state index in [0.29, 0.717) is 11.1 Å². The van der Waals surface area contributed by atoms with Gasteiger partial charge in [-0.05, 0) is 23.6 Å². The fourth-order valence-corrected chi connectivity index (χ4v) is 3.81. The van der Waals surface area contributed by atoms with Crippen molar-refractivity contribution in [1.29, 1.82) is 0 Å². The molecule has 0 saturated carbocycles. The number of carbonyl (C=O) groups is 1. The maximum atomic E-state index is 14.5. The van der Waals surface area contributed by atoms with Gasteiger partial charge in [0.2, 0.25) is 11.3 Å². The van der Waals surface area contributed by atoms with E-state index in [-0.39, 0.29) is 46.4 Å². The van der Waals surface area contributed by atoms with Crippen molar-refractivity contribution in [2.75, 3.05) is 20.8 Å². The Bertz CT molecular complexity index is 1230. The number of hydrogen-bond donors (Lipinski definition) is 1. The van der Waals surface area contributed by atoms with E-state index in [0.717, 1.165) is 0 Å². The Kier molecular flexibility index (Phi) is 7.16. The van der Waals surface area contributed by atoms with Crippen molar-refractivity contribution in [3.8, 4) is 5.88 Å². The largest absolute Gasteiger partial charge is 0.481 e. The van der Waals surface area contributed by atoms with Gasteiger partial charge < -0.3 is 19.1 Å². The van der Waals surface area contributed by atoms with Gasteiger partial charge in [-0.15, -0.1) is 0 Å². The molecule has 0 saturated heterocycles. The van der Waals surface area contributed by atoms with E-state index >= 15 is 0 Å². The normalized spacial score (nSPS) is 12.2. The first kappa shape index (κ1) is 23.7. The van der Waals surface area contributed by atoms with E-state index in [4.69, 9.17) is 21.1 Å². The van der Waals surface area contributed by atoms with Gasteiger partial charge in [-0.2, -0.15) is 4.98 Å². The van der Waals surface area contributed by atoms with Gasteiger partial charge >= 0.3 is 5.97 Å². The Morgan fingerprint density at radius 2 is 2.00 bits per heavy atom. The molecule has 3 rings (SSSR count). The third kappa shape index (κ3) is 4.33. The topological polar surface area (TPSA) is 90.7 Å². The van der Waals surface area contributed by atoms with Gasteiger partial charge in [-0.1, -0.05) is 37.6 Å². The lowest BCUT2D eigenvalue weighted by Gasteiger charge is -2.24. The molecular weight excluding hydrogens is 439 g/mol. The molecule has 170 valence electrons. The molecule has 0 fully saturated rings. The maximum Gasteiger partial charge on any atom is 0.343 e. The zero-order valence-electron chi connectivity index (χ0n) is 18.2. The van der Waals surface area contributed by atoms with E-state index in [9.17, 15) is 19.1 Å². The first-order valence-electron chi connectivity index (χ1n) is 9.98. The molecule has 0 amide bonds. The molecule has 0 aliphatic heterocycles. The second-order valence-electron chi connectivity index (χ2n) is 7.68. The lowest BCUT2D eigenvalue weighted by atomic mass is 10.0. The summed E-state index contributed by atoms with van der Waals surface area (Å²) < 4.78 is 26.3. The zero-order valence-corrected chi connectivity index (χ0v) is 18.9. The summed E-state index contributed by atoms with van der Waals surface area (Å²) in [4.78, 5) is 29.9. The van der Waals surface area contributed by atoms with Crippen molar-refractivity contribution >= 4 is 28.6 Å². The molecule has 0 aliphatic rings. The molecule has 0 unspecified atom stereocenters. The van der Waals surface area contributed by atoms with Gasteiger partial charge in [0.15, 0.2) is 0 Å². The van der Waals surface area contributed by atoms with Crippen molar-refractivity contribution in [2.45, 2.75) is 26.3 Å². The summed E-state index contributed by atoms with van der Waals surface area (Å²) in [6.07, 6.45) is 1.41. The Morgan fingerprint density at radius 3 is 2.59 bits per heavy atom. The molecular formula is C23H24ClFN2O5. The van der Waals surface area contributed by atoms with Crippen LogP contribution in [0.5, 0.6) is 5.88 Å². The van der Waals surface area contributed by atoms with Gasteiger partial charge in [0.1, 0.15) is 17.0 Å². The highest BCUT2D eigenvalue weighted by Gasteiger charge is 2.24. The molecule has 3 aromatic rings. The summed E-state index contributed by atoms with van der Waals surface area (Å²) in [6, 6.07) is 5.71. The molecule has 2 heterocycles. The van der Waals surface area contributed by atoms with E-state index in [1.807, 2.05) is 13.8 Å². The van der Waals surface area contributed by atoms with Crippen LogP contribution in [0.15, 0.2) is 35.3 Å². The highest BCUT2D eigenvalue weighted by Crippen LogP contribution is 2.29. The van der Waals surface area contributed by atoms with Crippen LogP contribution in [0.25, 0.3) is 11.0 Å². The number of hydrogen-bond acceptors (Lipinski definition) is 6. The lowest BCUT2D eigenvalue weighted by molar-refractivity contribution is 0.0597. The molecule has 0 aliphatic carbocycles. The number of fused-ring (bicyclic) bond motifs is 1. The summed E-state index contributed by atoms with van der Waals surface area (Å²) in [5.41, 5.74) is 0.216. The van der Waals surface area contributed by atoms with Gasteiger partial charge in [0, 0.05) is 18.2 Å². The van der Waals surface area contributed by atoms with Gasteiger partial charge in [-0.25, -0.2) is 9.18 Å². The monoisotopic (exact) mass is 462 g/mol. The van der Waals surface area contributed by atoms with Gasteiger partial charge in [0.25, 0.3) is 0 Å². The summed E-state index contributed by atoms with van der Waals surface area (Å²) in [6.45, 7) is 3.56. The number of rotatable bonds is 7. The fraction of sp³-hybridized carbons (Fsp3) is 0.348. The smallest absolute Gasteiger partial charge is 0.343 e. The van der Waals surface area contributed by atoms with Crippen LogP contribution >= 0.6 is 11.6 Å². The molecule has 0 bridgehead atoms. The minimum atomic E-state index is -0.802. The summed E-state index contributed by atoms with van der Waals surface area (Å²) >= 11 is 5.90. The van der Waals surface area contributed by atoms with Crippen molar-refractivity contribution in [3.05, 3.63) is 68.2 Å². The average molecular weight is 463 g/mol. The molecule has 0 spiro atoms. The first-order valence-corrected chi connectivity index (χ1v) is 10.4. The third-order valence-corrected chi connectivity index (χ3v) is 5.66. The van der Waals surface area contributed by atoms with Crippen molar-refractivity contribution in [3.63, 3.8) is 0 Å². The number of pyridine rings is 2. The molecule has 7 nitrogen and oxygen atoms in total. The van der Waals surface area contributed by atoms with Crippen molar-refractivity contribution in [2.24, 2.45) is 5.92 Å². The fourth-order valence-electron chi connectivity index (χ4n) is 3.62. The van der Waals surface area contributed by atoms with E-state index in [1.165, 1.54) is 32.5 Å². The van der Waals surface area contributed by atoms with Crippen LogP contribution in [0.2, 0.25) is 5.02 Å². The molecule has 1 aromatic carbocycles. The van der Waals surface area contributed by atoms with E-state index < -0.39 is 23.3 Å². The number of aliphatic hydroxyl groups is 1. The SMILES string of the molecule is COC(=O)c1cn([C@@H](CO)C(C)C)c2nc(OC)c(Cc3cccc(Cl)c3F)cc2c1=O. The molecule has 1 N–H and O–H groups in total. The highest BCUT2D eigenvalue weighted by atomic mass is 35.5. The van der Waals surface area contributed by atoms with Crippen LogP contribution in [0.3, 0.4) is 0 Å². The Morgan fingerprint density at radius 1 is 1.28 bits per heavy atom. The minimum Gasteiger partial charge on any atom is -0.481 e. The van der Waals surface area contributed by atoms with Crippen LogP contribution in [0.4, 0.5) is 4.39 Å². The standard InChI is InChI=1S/C23H24ClFN2O5/c1-12(2)18(11-28)27-10-16(23(30)32-4)20(29)15-9-14(22(31-3)26-21(15)27)8-13-6-5-7-17(24)19(13)25/h5-7,9-10,12,18,28H,8,11H2,1-4H3/t18-/m0/s1.